The van der Waals surface area contributed by atoms with Gasteiger partial charge in [0.1, 0.15) is 17.2 Å². The third kappa shape index (κ3) is 4.96. The van der Waals surface area contributed by atoms with Crippen LogP contribution in [0.2, 0.25) is 0 Å². The molecule has 0 unspecified atom stereocenters. The first-order valence-corrected chi connectivity index (χ1v) is 7.23. The average molecular weight is 390 g/mol. The lowest BCUT2D eigenvalue weighted by molar-refractivity contribution is -0.138. The number of ketones is 1. The van der Waals surface area contributed by atoms with Crippen molar-refractivity contribution < 1.29 is 31.1 Å². The number of imidazole rings is 1. The van der Waals surface area contributed by atoms with Crippen molar-refractivity contribution in [2.75, 3.05) is 5.73 Å². The minimum absolute atomic E-state index is 0.111. The highest BCUT2D eigenvalue weighted by Crippen LogP contribution is 2.30. The molecule has 0 aromatic carbocycles. The number of nitrogen functional groups attached to an aromatic ring is 1. The molecule has 11 heteroatoms. The fourth-order valence-corrected chi connectivity index (χ4v) is 2.04. The third-order valence-corrected chi connectivity index (χ3v) is 3.31. The Hall–Kier alpha value is -3.11. The predicted octanol–water partition coefficient (Wildman–Crippen LogP) is 4.24. The number of aromatic nitrogens is 3. The summed E-state index contributed by atoms with van der Waals surface area (Å²) in [6.07, 6.45) is -5.25. The van der Waals surface area contributed by atoms with Gasteiger partial charge in [-0.05, 0) is 24.3 Å². The van der Waals surface area contributed by atoms with Crippen LogP contribution in [0, 0.1) is 0 Å². The van der Waals surface area contributed by atoms with Gasteiger partial charge in [-0.2, -0.15) is 26.3 Å². The second-order valence-electron chi connectivity index (χ2n) is 5.31. The number of nitrogens with zero attached hydrogens (tertiary/aromatic N) is 3. The van der Waals surface area contributed by atoms with Crippen molar-refractivity contribution >= 4 is 17.2 Å². The van der Waals surface area contributed by atoms with Gasteiger partial charge in [0.2, 0.25) is 0 Å². The van der Waals surface area contributed by atoms with Gasteiger partial charge in [0.05, 0.1) is 17.3 Å². The van der Waals surface area contributed by atoms with Crippen LogP contribution in [-0.2, 0) is 12.4 Å². The molecule has 3 rings (SSSR count). The van der Waals surface area contributed by atoms with Crippen LogP contribution in [0.4, 0.5) is 32.2 Å². The Kier molecular flexibility index (Phi) is 5.43. The van der Waals surface area contributed by atoms with Crippen molar-refractivity contribution in [3.8, 4) is 0 Å². The van der Waals surface area contributed by atoms with Crippen molar-refractivity contribution in [2.24, 2.45) is 0 Å². The van der Waals surface area contributed by atoms with Crippen molar-refractivity contribution in [2.45, 2.75) is 19.3 Å². The molecule has 0 spiro atoms. The molecular formula is C16H12F6N4O. The van der Waals surface area contributed by atoms with E-state index in [2.05, 4.69) is 9.97 Å². The zero-order valence-electron chi connectivity index (χ0n) is 13.6. The molecule has 3 heterocycles. The number of fused-ring (bicyclic) bond motifs is 1. The molecule has 3 aromatic heterocycles. The van der Waals surface area contributed by atoms with E-state index in [-0.39, 0.29) is 22.9 Å². The van der Waals surface area contributed by atoms with Crippen LogP contribution in [0.5, 0.6) is 0 Å². The molecule has 5 nitrogen and oxygen atoms in total. The molecule has 0 fully saturated rings. The highest BCUT2D eigenvalue weighted by Gasteiger charge is 2.31. The molecule has 0 aliphatic rings. The Labute approximate surface area is 148 Å². The topological polar surface area (TPSA) is 73.3 Å². The first-order valence-electron chi connectivity index (χ1n) is 7.23. The summed E-state index contributed by atoms with van der Waals surface area (Å²) in [4.78, 5) is 18.3. The number of nitrogens with two attached hydrogens (primary N) is 1. The fourth-order valence-electron chi connectivity index (χ4n) is 2.04. The van der Waals surface area contributed by atoms with Gasteiger partial charge in [-0.1, -0.05) is 0 Å². The highest BCUT2D eigenvalue weighted by molar-refractivity contribution is 5.93. The van der Waals surface area contributed by atoms with Gasteiger partial charge in [-0.3, -0.25) is 9.20 Å². The smallest absolute Gasteiger partial charge is 0.384 e. The quantitative estimate of drug-likeness (QED) is 0.498. The van der Waals surface area contributed by atoms with Crippen molar-refractivity contribution in [3.05, 3.63) is 59.7 Å². The van der Waals surface area contributed by atoms with Crippen LogP contribution in [0.3, 0.4) is 0 Å². The monoisotopic (exact) mass is 390 g/mol. The number of carbonyl (C=O) groups excluding carboxylic acids is 1. The van der Waals surface area contributed by atoms with Crippen LogP contribution >= 0.6 is 0 Å². The molecule has 0 aliphatic heterocycles. The minimum atomic E-state index is -4.40. The molecule has 27 heavy (non-hydrogen) atoms. The summed E-state index contributed by atoms with van der Waals surface area (Å²) in [6, 6.07) is 3.49. The van der Waals surface area contributed by atoms with E-state index in [4.69, 9.17) is 5.73 Å². The Bertz CT molecular complexity index is 961. The van der Waals surface area contributed by atoms with E-state index in [1.54, 1.807) is 0 Å². The van der Waals surface area contributed by atoms with Crippen molar-refractivity contribution in [1.82, 2.24) is 14.4 Å². The molecular weight excluding hydrogens is 378 g/mol. The van der Waals surface area contributed by atoms with Crippen LogP contribution in [0.1, 0.15) is 28.5 Å². The Morgan fingerprint density at radius 1 is 1.00 bits per heavy atom. The first-order chi connectivity index (χ1) is 12.4. The van der Waals surface area contributed by atoms with Crippen LogP contribution in [0.25, 0.3) is 5.65 Å². The zero-order valence-corrected chi connectivity index (χ0v) is 13.6. The lowest BCUT2D eigenvalue weighted by Crippen LogP contribution is -2.06. The molecule has 0 radical (unpaired) electrons. The normalized spacial score (nSPS) is 11.8. The average Bonchev–Trinajstić information content (AvgIpc) is 2.97. The molecule has 0 amide bonds. The maximum atomic E-state index is 12.4. The molecule has 0 bridgehead atoms. The molecule has 0 saturated heterocycles. The molecule has 0 saturated carbocycles. The van der Waals surface area contributed by atoms with E-state index in [1.165, 1.54) is 23.7 Å². The van der Waals surface area contributed by atoms with Gasteiger partial charge in [-0.15, -0.1) is 0 Å². The number of Topliss-reactive ketones (excluding diaryl/α,β-unsaturated/α-hetero) is 1. The number of alkyl halides is 6. The highest BCUT2D eigenvalue weighted by atomic mass is 19.4. The number of hydrogen-bond acceptors (Lipinski definition) is 4. The molecule has 3 aromatic rings. The Balaban J connectivity index is 0.000000208. The van der Waals surface area contributed by atoms with E-state index < -0.39 is 23.5 Å². The lowest BCUT2D eigenvalue weighted by atomic mass is 10.2. The standard InChI is InChI=1S/C10H7F3N2O.C6H5F3N2/c1-6(16)8-5-14-9-4-7(10(11,12)13)2-3-15(8)9;7-6(8,9)4-1-2-11-5(10)3-4/h2-5H,1H3;1-3H,(H2,10,11). The molecule has 0 aliphatic carbocycles. The number of carbonyl (C=O) groups is 1. The maximum Gasteiger partial charge on any atom is 0.416 e. The lowest BCUT2D eigenvalue weighted by Gasteiger charge is -2.06. The number of pyridine rings is 2. The van der Waals surface area contributed by atoms with Gasteiger partial charge in [0.25, 0.3) is 0 Å². The summed E-state index contributed by atoms with van der Waals surface area (Å²) < 4.78 is 74.1. The first kappa shape index (κ1) is 20.2. The molecule has 2 N–H and O–H groups in total. The summed E-state index contributed by atoms with van der Waals surface area (Å²) in [7, 11) is 0. The second kappa shape index (κ2) is 7.25. The summed E-state index contributed by atoms with van der Waals surface area (Å²) >= 11 is 0. The van der Waals surface area contributed by atoms with E-state index in [1.807, 2.05) is 0 Å². The van der Waals surface area contributed by atoms with E-state index in [9.17, 15) is 31.1 Å². The SMILES string of the molecule is CC(=O)c1cnc2cc(C(F)(F)F)ccn12.Nc1cc(C(F)(F)F)ccn1. The van der Waals surface area contributed by atoms with Gasteiger partial charge >= 0.3 is 12.4 Å². The summed E-state index contributed by atoms with van der Waals surface area (Å²) in [5.74, 6) is -0.368. The van der Waals surface area contributed by atoms with Crippen LogP contribution in [-0.4, -0.2) is 20.2 Å². The maximum absolute atomic E-state index is 12.4. The zero-order chi connectivity index (χ0) is 20.4. The fraction of sp³-hybridized carbons (Fsp3) is 0.188. The van der Waals surface area contributed by atoms with Gasteiger partial charge < -0.3 is 5.73 Å². The van der Waals surface area contributed by atoms with Crippen molar-refractivity contribution in [1.29, 1.82) is 0 Å². The number of hydrogen-bond donors (Lipinski definition) is 1. The van der Waals surface area contributed by atoms with Crippen LogP contribution < -0.4 is 5.73 Å². The van der Waals surface area contributed by atoms with Crippen molar-refractivity contribution in [3.63, 3.8) is 0 Å². The second-order valence-corrected chi connectivity index (χ2v) is 5.31. The number of anilines is 1. The predicted molar refractivity (Wildman–Crippen MR) is 83.8 cm³/mol. The Morgan fingerprint density at radius 3 is 2.07 bits per heavy atom. The molecule has 0 atom stereocenters. The van der Waals surface area contributed by atoms with Gasteiger partial charge in [-0.25, -0.2) is 9.97 Å². The van der Waals surface area contributed by atoms with E-state index in [0.717, 1.165) is 30.5 Å². The van der Waals surface area contributed by atoms with E-state index in [0.29, 0.717) is 0 Å². The Morgan fingerprint density at radius 2 is 1.59 bits per heavy atom. The minimum Gasteiger partial charge on any atom is -0.384 e. The van der Waals surface area contributed by atoms with Crippen LogP contribution in [0.15, 0.2) is 42.9 Å². The number of rotatable bonds is 1. The third-order valence-electron chi connectivity index (χ3n) is 3.31. The largest absolute Gasteiger partial charge is 0.416 e. The number of halogens is 6. The summed E-state index contributed by atoms with van der Waals surface area (Å²) in [6.45, 7) is 1.33. The van der Waals surface area contributed by atoms with Gasteiger partial charge in [0, 0.05) is 19.3 Å². The van der Waals surface area contributed by atoms with Gasteiger partial charge in [0.15, 0.2) is 5.78 Å². The summed E-state index contributed by atoms with van der Waals surface area (Å²) in [5, 5.41) is 0. The summed E-state index contributed by atoms with van der Waals surface area (Å²) in [5.41, 5.74) is 3.87. The van der Waals surface area contributed by atoms with E-state index >= 15 is 0 Å². The molecule has 144 valence electrons.